The van der Waals surface area contributed by atoms with E-state index in [0.29, 0.717) is 6.54 Å². The lowest BCUT2D eigenvalue weighted by molar-refractivity contribution is 0.252. The summed E-state index contributed by atoms with van der Waals surface area (Å²) in [5.74, 6) is 0. The standard InChI is InChI=1S/C14H13N2O/c15-14(17)16(13-9-5-2-6-10-13)11-12-7-3-1-4-8-12/h1-10,15H,11H2. The highest BCUT2D eigenvalue weighted by molar-refractivity contribution is 5.89. The molecule has 0 atom stereocenters. The number of rotatable bonds is 3. The molecule has 3 heteroatoms. The van der Waals surface area contributed by atoms with Gasteiger partial charge in [0.05, 0.1) is 6.54 Å². The van der Waals surface area contributed by atoms with Gasteiger partial charge in [-0.3, -0.25) is 4.90 Å². The third-order valence-electron chi connectivity index (χ3n) is 2.50. The zero-order valence-electron chi connectivity index (χ0n) is 9.34. The molecule has 0 aliphatic heterocycles. The van der Waals surface area contributed by atoms with Crippen molar-refractivity contribution >= 4 is 11.7 Å². The number of nitrogens with zero attached hydrogens (tertiary/aromatic N) is 1. The minimum atomic E-state index is -0.694. The molecule has 0 aliphatic carbocycles. The highest BCUT2D eigenvalue weighted by Gasteiger charge is 2.12. The number of amides is 2. The fraction of sp³-hybridized carbons (Fsp3) is 0.0714. The first-order chi connectivity index (χ1) is 8.27. The summed E-state index contributed by atoms with van der Waals surface area (Å²) in [6, 6.07) is 18.2. The third kappa shape index (κ3) is 2.84. The molecule has 0 bridgehead atoms. The van der Waals surface area contributed by atoms with Crippen molar-refractivity contribution in [2.45, 2.75) is 6.54 Å². The molecule has 0 aliphatic rings. The monoisotopic (exact) mass is 225 g/mol. The Morgan fingerprint density at radius 2 is 1.47 bits per heavy atom. The first-order valence-electron chi connectivity index (χ1n) is 5.39. The highest BCUT2D eigenvalue weighted by atomic mass is 16.2. The van der Waals surface area contributed by atoms with Gasteiger partial charge in [-0.1, -0.05) is 48.5 Å². The lowest BCUT2D eigenvalue weighted by Crippen LogP contribution is -2.29. The second kappa shape index (κ2) is 5.16. The molecule has 85 valence electrons. The van der Waals surface area contributed by atoms with E-state index in [2.05, 4.69) is 0 Å². The molecule has 3 nitrogen and oxygen atoms in total. The average Bonchev–Trinajstić information content (AvgIpc) is 2.38. The fourth-order valence-corrected chi connectivity index (χ4v) is 1.65. The summed E-state index contributed by atoms with van der Waals surface area (Å²) in [6.07, 6.45) is 0. The van der Waals surface area contributed by atoms with Gasteiger partial charge in [0.1, 0.15) is 0 Å². The predicted octanol–water partition coefficient (Wildman–Crippen LogP) is 3.10. The molecule has 0 saturated heterocycles. The Morgan fingerprint density at radius 1 is 0.941 bits per heavy atom. The van der Waals surface area contributed by atoms with Crippen molar-refractivity contribution in [3.8, 4) is 0 Å². The van der Waals surface area contributed by atoms with Gasteiger partial charge < -0.3 is 0 Å². The third-order valence-corrected chi connectivity index (χ3v) is 2.50. The van der Waals surface area contributed by atoms with Crippen LogP contribution < -0.4 is 10.6 Å². The lowest BCUT2D eigenvalue weighted by atomic mass is 10.2. The molecular weight excluding hydrogens is 212 g/mol. The zero-order valence-corrected chi connectivity index (χ0v) is 9.34. The number of nitrogens with one attached hydrogen (secondary N) is 1. The van der Waals surface area contributed by atoms with Crippen LogP contribution in [0.4, 0.5) is 10.5 Å². The number of carbonyl (C=O) groups is 1. The molecule has 2 amide bonds. The van der Waals surface area contributed by atoms with Gasteiger partial charge in [-0.25, -0.2) is 10.5 Å². The van der Waals surface area contributed by atoms with Crippen LogP contribution in [0.25, 0.3) is 0 Å². The first-order valence-corrected chi connectivity index (χ1v) is 5.39. The van der Waals surface area contributed by atoms with Gasteiger partial charge in [-0.2, -0.15) is 0 Å². The van der Waals surface area contributed by atoms with E-state index in [4.69, 9.17) is 5.73 Å². The number of carbonyl (C=O) groups excluding carboxylic acids is 1. The normalized spacial score (nSPS) is 9.88. The molecule has 0 fully saturated rings. The predicted molar refractivity (Wildman–Crippen MR) is 67.6 cm³/mol. The summed E-state index contributed by atoms with van der Waals surface area (Å²) in [5, 5.41) is 0. The van der Waals surface area contributed by atoms with E-state index in [1.54, 1.807) is 0 Å². The van der Waals surface area contributed by atoms with Crippen molar-refractivity contribution in [2.24, 2.45) is 0 Å². The topological polar surface area (TPSA) is 44.1 Å². The molecule has 0 heterocycles. The molecule has 2 aromatic carbocycles. The SMILES string of the molecule is [NH]C(=O)N(Cc1ccccc1)c1ccccc1. The smallest absolute Gasteiger partial charge is 0.289 e. The molecule has 17 heavy (non-hydrogen) atoms. The Hall–Kier alpha value is -2.29. The van der Waals surface area contributed by atoms with Gasteiger partial charge in [-0.15, -0.1) is 0 Å². The summed E-state index contributed by atoms with van der Waals surface area (Å²) < 4.78 is 0. The van der Waals surface area contributed by atoms with Crippen molar-refractivity contribution in [2.75, 3.05) is 4.90 Å². The Labute approximate surface area is 100 Å². The van der Waals surface area contributed by atoms with Crippen LogP contribution in [0.3, 0.4) is 0 Å². The van der Waals surface area contributed by atoms with Gasteiger partial charge in [0.2, 0.25) is 0 Å². The Bertz CT molecular complexity index is 482. The van der Waals surface area contributed by atoms with Crippen LogP contribution in [0.5, 0.6) is 0 Å². The second-order valence-corrected chi connectivity index (χ2v) is 3.71. The summed E-state index contributed by atoms with van der Waals surface area (Å²) in [4.78, 5) is 12.8. The molecule has 1 N–H and O–H groups in total. The second-order valence-electron chi connectivity index (χ2n) is 3.71. The number of benzene rings is 2. The van der Waals surface area contributed by atoms with Crippen LogP contribution in [0.1, 0.15) is 5.56 Å². The summed E-state index contributed by atoms with van der Waals surface area (Å²) in [7, 11) is 0. The fourth-order valence-electron chi connectivity index (χ4n) is 1.65. The van der Waals surface area contributed by atoms with Crippen molar-refractivity contribution in [1.82, 2.24) is 5.73 Å². The van der Waals surface area contributed by atoms with Gasteiger partial charge in [0.15, 0.2) is 0 Å². The van der Waals surface area contributed by atoms with Crippen molar-refractivity contribution in [3.05, 3.63) is 66.2 Å². The minimum absolute atomic E-state index is 0.424. The van der Waals surface area contributed by atoms with Crippen molar-refractivity contribution < 1.29 is 4.79 Å². The summed E-state index contributed by atoms with van der Waals surface area (Å²) in [6.45, 7) is 0.424. The minimum Gasteiger partial charge on any atom is -0.289 e. The van der Waals surface area contributed by atoms with E-state index in [1.165, 1.54) is 4.90 Å². The molecule has 1 radical (unpaired) electrons. The first kappa shape index (κ1) is 11.2. The van der Waals surface area contributed by atoms with E-state index >= 15 is 0 Å². The lowest BCUT2D eigenvalue weighted by Gasteiger charge is -2.19. The van der Waals surface area contributed by atoms with Crippen LogP contribution in [0, 0.1) is 0 Å². The van der Waals surface area contributed by atoms with Crippen LogP contribution in [-0.2, 0) is 6.54 Å². The maximum absolute atomic E-state index is 11.3. The van der Waals surface area contributed by atoms with Crippen molar-refractivity contribution in [3.63, 3.8) is 0 Å². The average molecular weight is 225 g/mol. The maximum Gasteiger partial charge on any atom is 0.340 e. The van der Waals surface area contributed by atoms with E-state index < -0.39 is 6.03 Å². The van der Waals surface area contributed by atoms with Crippen LogP contribution in [0.15, 0.2) is 60.7 Å². The quantitative estimate of drug-likeness (QED) is 0.791. The Balaban J connectivity index is 2.23. The Morgan fingerprint density at radius 3 is 2.00 bits per heavy atom. The van der Waals surface area contributed by atoms with Gasteiger partial charge in [-0.05, 0) is 17.7 Å². The van der Waals surface area contributed by atoms with Gasteiger partial charge in [0.25, 0.3) is 0 Å². The largest absolute Gasteiger partial charge is 0.340 e. The van der Waals surface area contributed by atoms with E-state index in [-0.39, 0.29) is 0 Å². The number of urea groups is 1. The molecular formula is C14H13N2O. The van der Waals surface area contributed by atoms with Crippen molar-refractivity contribution in [1.29, 1.82) is 0 Å². The van der Waals surface area contributed by atoms with E-state index in [1.807, 2.05) is 60.7 Å². The number of para-hydroxylation sites is 1. The number of hydrogen-bond acceptors (Lipinski definition) is 1. The van der Waals surface area contributed by atoms with Gasteiger partial charge >= 0.3 is 6.03 Å². The van der Waals surface area contributed by atoms with Crippen LogP contribution in [0.2, 0.25) is 0 Å². The molecule has 2 rings (SSSR count). The van der Waals surface area contributed by atoms with Crippen LogP contribution in [-0.4, -0.2) is 6.03 Å². The summed E-state index contributed by atoms with van der Waals surface area (Å²) in [5.41, 5.74) is 9.07. The molecule has 0 aromatic heterocycles. The highest BCUT2D eigenvalue weighted by Crippen LogP contribution is 2.16. The van der Waals surface area contributed by atoms with E-state index in [9.17, 15) is 4.79 Å². The molecule has 0 spiro atoms. The summed E-state index contributed by atoms with van der Waals surface area (Å²) >= 11 is 0. The zero-order chi connectivity index (χ0) is 12.1. The number of anilines is 1. The maximum atomic E-state index is 11.3. The molecule has 0 saturated carbocycles. The Kier molecular flexibility index (Phi) is 3.40. The van der Waals surface area contributed by atoms with Gasteiger partial charge in [0, 0.05) is 5.69 Å². The van der Waals surface area contributed by atoms with Crippen LogP contribution >= 0.6 is 0 Å². The van der Waals surface area contributed by atoms with E-state index in [0.717, 1.165) is 11.3 Å². The molecule has 0 unspecified atom stereocenters. The molecule has 2 aromatic rings. The number of hydrogen-bond donors (Lipinski definition) is 0.